The summed E-state index contributed by atoms with van der Waals surface area (Å²) in [4.78, 5) is 10.7. The zero-order valence-electron chi connectivity index (χ0n) is 11.2. The number of aliphatic carboxylic acids is 1. The van der Waals surface area contributed by atoms with Crippen molar-refractivity contribution in [2.75, 3.05) is 0 Å². The number of carboxylic acid groups (broad SMARTS) is 1. The first-order valence-corrected chi connectivity index (χ1v) is 8.20. The molecule has 3 nitrogen and oxygen atoms in total. The summed E-state index contributed by atoms with van der Waals surface area (Å²) in [5.74, 6) is -0.464. The maximum absolute atomic E-state index is 10.7. The van der Waals surface area contributed by atoms with E-state index in [1.807, 2.05) is 24.3 Å². The summed E-state index contributed by atoms with van der Waals surface area (Å²) in [5.41, 5.74) is 1.50. The maximum atomic E-state index is 10.7. The summed E-state index contributed by atoms with van der Waals surface area (Å²) < 4.78 is 7.36. The first kappa shape index (κ1) is 17.1. The highest BCUT2D eigenvalue weighted by Crippen LogP contribution is 2.34. The molecule has 0 saturated heterocycles. The van der Waals surface area contributed by atoms with Crippen LogP contribution in [0.15, 0.2) is 51.4 Å². The molecule has 0 amide bonds. The molecule has 0 bridgehead atoms. The molecule has 0 heterocycles. The molecule has 0 aliphatic carbocycles. The van der Waals surface area contributed by atoms with Gasteiger partial charge in [0.25, 0.3) is 0 Å². The topological polar surface area (TPSA) is 46.5 Å². The number of hydrogen-bond donors (Lipinski definition) is 1. The monoisotopic (exact) mass is 444 g/mol. The second-order valence-corrected chi connectivity index (χ2v) is 6.53. The van der Waals surface area contributed by atoms with Gasteiger partial charge in [-0.15, -0.1) is 0 Å². The van der Waals surface area contributed by atoms with Gasteiger partial charge in [-0.05, 0) is 40.2 Å². The summed E-state index contributed by atoms with van der Waals surface area (Å²) in [7, 11) is 0. The molecule has 2 aromatic carbocycles. The summed E-state index contributed by atoms with van der Waals surface area (Å²) in [6, 6.07) is 11.0. The van der Waals surface area contributed by atoms with Crippen molar-refractivity contribution < 1.29 is 14.6 Å². The molecule has 0 aliphatic heterocycles. The van der Waals surface area contributed by atoms with Gasteiger partial charge in [-0.1, -0.05) is 45.7 Å². The van der Waals surface area contributed by atoms with Crippen molar-refractivity contribution in [2.24, 2.45) is 0 Å². The minimum atomic E-state index is -1.02. The summed E-state index contributed by atoms with van der Waals surface area (Å²) >= 11 is 12.9. The molecule has 0 aliphatic rings. The van der Waals surface area contributed by atoms with Gasteiger partial charge in [-0.25, -0.2) is 4.79 Å². The van der Waals surface area contributed by atoms with E-state index in [9.17, 15) is 4.79 Å². The van der Waals surface area contributed by atoms with Gasteiger partial charge in [-0.3, -0.25) is 0 Å². The lowest BCUT2D eigenvalue weighted by Crippen LogP contribution is -1.99. The highest BCUT2D eigenvalue weighted by molar-refractivity contribution is 9.11. The van der Waals surface area contributed by atoms with Crippen molar-refractivity contribution >= 4 is 55.5 Å². The van der Waals surface area contributed by atoms with Gasteiger partial charge in [0.2, 0.25) is 0 Å². The third kappa shape index (κ3) is 4.60. The van der Waals surface area contributed by atoms with E-state index in [-0.39, 0.29) is 6.61 Å². The fraction of sp³-hybridized carbons (Fsp3) is 0.0625. The van der Waals surface area contributed by atoms with Crippen molar-refractivity contribution in [3.63, 3.8) is 0 Å². The fourth-order valence-electron chi connectivity index (χ4n) is 1.78. The Morgan fingerprint density at radius 2 is 2.00 bits per heavy atom. The molecular weight excluding hydrogens is 435 g/mol. The molecule has 0 saturated carbocycles. The normalized spacial score (nSPS) is 10.9. The quantitative estimate of drug-likeness (QED) is 0.614. The number of carboxylic acids is 1. The summed E-state index contributed by atoms with van der Waals surface area (Å²) in [5, 5.41) is 9.40. The van der Waals surface area contributed by atoms with Crippen LogP contribution in [0.4, 0.5) is 0 Å². The Balaban J connectivity index is 2.29. The Labute approximate surface area is 149 Å². The molecule has 2 aromatic rings. The van der Waals surface area contributed by atoms with Crippen LogP contribution in [-0.4, -0.2) is 11.1 Å². The molecule has 0 fully saturated rings. The van der Waals surface area contributed by atoms with Gasteiger partial charge >= 0.3 is 5.97 Å². The standard InChI is InChI=1S/C16H11Br2ClO3/c17-12-7-10(5-6-15(20)21)16(13(18)8-12)22-9-11-3-1-2-4-14(11)19/h1-8H,9H2,(H,20,21). The zero-order chi connectivity index (χ0) is 16.1. The first-order chi connectivity index (χ1) is 10.5. The van der Waals surface area contributed by atoms with Crippen molar-refractivity contribution in [1.82, 2.24) is 0 Å². The SMILES string of the molecule is O=C(O)C=Cc1cc(Br)cc(Br)c1OCc1ccccc1Cl. The largest absolute Gasteiger partial charge is 0.487 e. The third-order valence-electron chi connectivity index (χ3n) is 2.77. The Morgan fingerprint density at radius 3 is 2.68 bits per heavy atom. The Hall–Kier alpha value is -1.30. The van der Waals surface area contributed by atoms with Gasteiger partial charge in [0.15, 0.2) is 0 Å². The smallest absolute Gasteiger partial charge is 0.328 e. The summed E-state index contributed by atoms with van der Waals surface area (Å²) in [6.07, 6.45) is 2.55. The number of rotatable bonds is 5. The van der Waals surface area contributed by atoms with E-state index < -0.39 is 5.97 Å². The molecule has 1 N–H and O–H groups in total. The number of hydrogen-bond acceptors (Lipinski definition) is 2. The Bertz CT molecular complexity index is 729. The van der Waals surface area contributed by atoms with Crippen molar-refractivity contribution in [3.8, 4) is 5.75 Å². The second kappa shape index (κ2) is 7.81. The van der Waals surface area contributed by atoms with Gasteiger partial charge in [0, 0.05) is 26.7 Å². The lowest BCUT2D eigenvalue weighted by Gasteiger charge is -2.13. The maximum Gasteiger partial charge on any atom is 0.328 e. The number of carbonyl (C=O) groups is 1. The Morgan fingerprint density at radius 1 is 1.27 bits per heavy atom. The van der Waals surface area contributed by atoms with Crippen LogP contribution in [0.3, 0.4) is 0 Å². The van der Waals surface area contributed by atoms with Crippen LogP contribution >= 0.6 is 43.5 Å². The van der Waals surface area contributed by atoms with E-state index in [1.165, 1.54) is 6.08 Å². The number of halogens is 3. The van der Waals surface area contributed by atoms with Gasteiger partial charge in [-0.2, -0.15) is 0 Å². The second-order valence-electron chi connectivity index (χ2n) is 4.36. The lowest BCUT2D eigenvalue weighted by molar-refractivity contribution is -0.131. The molecule has 0 radical (unpaired) electrons. The van der Waals surface area contributed by atoms with E-state index in [0.29, 0.717) is 16.3 Å². The molecule has 0 atom stereocenters. The average Bonchev–Trinajstić information content (AvgIpc) is 2.45. The highest BCUT2D eigenvalue weighted by atomic mass is 79.9. The molecule has 0 aromatic heterocycles. The predicted octanol–water partition coefficient (Wildman–Crippen LogP) is 5.54. The molecule has 6 heteroatoms. The highest BCUT2D eigenvalue weighted by Gasteiger charge is 2.10. The minimum Gasteiger partial charge on any atom is -0.487 e. The van der Waals surface area contributed by atoms with Gasteiger partial charge in [0.1, 0.15) is 12.4 Å². The van der Waals surface area contributed by atoms with E-state index in [2.05, 4.69) is 31.9 Å². The van der Waals surface area contributed by atoms with Crippen LogP contribution in [0.2, 0.25) is 5.02 Å². The molecule has 2 rings (SSSR count). The van der Waals surface area contributed by atoms with Crippen LogP contribution in [0.25, 0.3) is 6.08 Å². The van der Waals surface area contributed by atoms with Crippen LogP contribution in [0.5, 0.6) is 5.75 Å². The molecular formula is C16H11Br2ClO3. The van der Waals surface area contributed by atoms with Crippen LogP contribution < -0.4 is 4.74 Å². The fourth-order valence-corrected chi connectivity index (χ4v) is 3.35. The molecule has 22 heavy (non-hydrogen) atoms. The van der Waals surface area contributed by atoms with E-state index in [0.717, 1.165) is 20.6 Å². The minimum absolute atomic E-state index is 0.286. The summed E-state index contributed by atoms with van der Waals surface area (Å²) in [6.45, 7) is 0.286. The Kier molecular flexibility index (Phi) is 6.06. The zero-order valence-corrected chi connectivity index (χ0v) is 15.2. The molecule has 114 valence electrons. The van der Waals surface area contributed by atoms with Crippen LogP contribution in [0.1, 0.15) is 11.1 Å². The van der Waals surface area contributed by atoms with E-state index in [1.54, 1.807) is 12.1 Å². The van der Waals surface area contributed by atoms with Crippen molar-refractivity contribution in [1.29, 1.82) is 0 Å². The van der Waals surface area contributed by atoms with Crippen molar-refractivity contribution in [3.05, 3.63) is 67.6 Å². The van der Waals surface area contributed by atoms with Gasteiger partial charge < -0.3 is 9.84 Å². The first-order valence-electron chi connectivity index (χ1n) is 6.23. The average molecular weight is 447 g/mol. The van der Waals surface area contributed by atoms with Crippen LogP contribution in [0, 0.1) is 0 Å². The number of ether oxygens (including phenoxy) is 1. The van der Waals surface area contributed by atoms with Crippen LogP contribution in [-0.2, 0) is 11.4 Å². The van der Waals surface area contributed by atoms with E-state index in [4.69, 9.17) is 21.4 Å². The molecule has 0 unspecified atom stereocenters. The van der Waals surface area contributed by atoms with E-state index >= 15 is 0 Å². The predicted molar refractivity (Wildman–Crippen MR) is 94.3 cm³/mol. The van der Waals surface area contributed by atoms with Crippen molar-refractivity contribution in [2.45, 2.75) is 6.61 Å². The number of benzene rings is 2. The molecule has 0 spiro atoms. The lowest BCUT2D eigenvalue weighted by atomic mass is 10.2. The van der Waals surface area contributed by atoms with Gasteiger partial charge in [0.05, 0.1) is 4.47 Å². The third-order valence-corrected chi connectivity index (χ3v) is 4.19.